The van der Waals surface area contributed by atoms with Gasteiger partial charge in [-0.1, -0.05) is 30.7 Å². The molecule has 0 unspecified atom stereocenters. The third-order valence-corrected chi connectivity index (χ3v) is 6.06. The van der Waals surface area contributed by atoms with Crippen molar-refractivity contribution in [2.75, 3.05) is 23.4 Å². The van der Waals surface area contributed by atoms with Crippen LogP contribution in [0.5, 0.6) is 0 Å². The summed E-state index contributed by atoms with van der Waals surface area (Å²) >= 11 is 7.31. The van der Waals surface area contributed by atoms with E-state index in [2.05, 4.69) is 4.98 Å². The van der Waals surface area contributed by atoms with Gasteiger partial charge in [-0.25, -0.2) is 4.98 Å². The van der Waals surface area contributed by atoms with E-state index >= 15 is 0 Å². The van der Waals surface area contributed by atoms with Crippen LogP contribution in [0.4, 0.5) is 24.5 Å². The van der Waals surface area contributed by atoms with E-state index in [1.54, 1.807) is 18.2 Å². The van der Waals surface area contributed by atoms with Gasteiger partial charge in [0.05, 0.1) is 5.69 Å². The van der Waals surface area contributed by atoms with Crippen LogP contribution in [0.3, 0.4) is 0 Å². The minimum Gasteiger partial charge on any atom is -0.397 e. The van der Waals surface area contributed by atoms with Crippen molar-refractivity contribution >= 4 is 40.6 Å². The summed E-state index contributed by atoms with van der Waals surface area (Å²) in [6.45, 7) is 1.90. The van der Waals surface area contributed by atoms with Crippen LogP contribution in [0, 0.1) is 0 Å². The Kier molecular flexibility index (Phi) is 7.08. The third-order valence-electron chi connectivity index (χ3n) is 4.90. The lowest BCUT2D eigenvalue weighted by Gasteiger charge is -2.22. The molecule has 0 fully saturated rings. The number of hydrogen-bond donors (Lipinski definition) is 1. The number of aromatic nitrogens is 2. The molecule has 0 atom stereocenters. The van der Waals surface area contributed by atoms with Gasteiger partial charge in [0.1, 0.15) is 17.1 Å². The number of pyridine rings is 2. The lowest BCUT2D eigenvalue weighted by Crippen LogP contribution is -2.37. The van der Waals surface area contributed by atoms with Gasteiger partial charge in [-0.05, 0) is 35.6 Å². The number of halogens is 4. The number of hydrogen-bond acceptors (Lipinski definition) is 5. The first kappa shape index (κ1) is 24.7. The lowest BCUT2D eigenvalue weighted by molar-refractivity contribution is -0.143. The molecule has 2 heterocycles. The third kappa shape index (κ3) is 5.01. The van der Waals surface area contributed by atoms with Crippen LogP contribution in [-0.2, 0) is 13.2 Å². The molecule has 0 aliphatic heterocycles. The fourth-order valence-electron chi connectivity index (χ4n) is 3.24. The molecule has 2 N–H and O–H groups in total. The Morgan fingerprint density at radius 2 is 1.85 bits per heavy atom. The molecule has 3 rings (SSSR count). The first-order chi connectivity index (χ1) is 15.5. The van der Waals surface area contributed by atoms with Crippen molar-refractivity contribution in [1.29, 1.82) is 0 Å². The summed E-state index contributed by atoms with van der Waals surface area (Å²) in [5, 5.41) is 0.582. The normalized spacial score (nSPS) is 11.5. The van der Waals surface area contributed by atoms with E-state index in [1.807, 2.05) is 19.1 Å². The molecule has 2 aromatic heterocycles. The second kappa shape index (κ2) is 9.48. The van der Waals surface area contributed by atoms with E-state index in [-0.39, 0.29) is 11.4 Å². The second-order valence-corrected chi connectivity index (χ2v) is 8.81. The Balaban J connectivity index is 2.05. The number of thioether (sulfide) groups is 1. The van der Waals surface area contributed by atoms with Crippen LogP contribution in [0.2, 0.25) is 5.02 Å². The number of nitrogens with two attached hydrogens (primary N) is 1. The van der Waals surface area contributed by atoms with E-state index in [0.717, 1.165) is 23.1 Å². The Hall–Kier alpha value is -2.98. The summed E-state index contributed by atoms with van der Waals surface area (Å²) < 4.78 is 40.0. The van der Waals surface area contributed by atoms with E-state index in [0.29, 0.717) is 26.3 Å². The van der Waals surface area contributed by atoms with E-state index in [9.17, 15) is 22.8 Å². The molecule has 0 spiro atoms. The quantitative estimate of drug-likeness (QED) is 0.497. The molecule has 0 radical (unpaired) electrons. The molecular weight excluding hydrogens is 477 g/mol. The zero-order valence-electron chi connectivity index (χ0n) is 17.9. The highest BCUT2D eigenvalue weighted by Gasteiger charge is 2.36. The number of amides is 1. The van der Waals surface area contributed by atoms with Crippen molar-refractivity contribution in [2.24, 2.45) is 7.05 Å². The van der Waals surface area contributed by atoms with Crippen LogP contribution >= 0.6 is 23.4 Å². The first-order valence-corrected chi connectivity index (χ1v) is 11.1. The van der Waals surface area contributed by atoms with Gasteiger partial charge in [-0.15, -0.1) is 11.8 Å². The average molecular weight is 497 g/mol. The van der Waals surface area contributed by atoms with Crippen LogP contribution in [-0.4, -0.2) is 28.3 Å². The van der Waals surface area contributed by atoms with Crippen LogP contribution in [0.15, 0.2) is 52.3 Å². The topological polar surface area (TPSA) is 81.2 Å². The number of benzene rings is 1. The van der Waals surface area contributed by atoms with Crippen LogP contribution in [0.1, 0.15) is 23.1 Å². The van der Waals surface area contributed by atoms with Gasteiger partial charge in [0.25, 0.3) is 11.5 Å². The van der Waals surface area contributed by atoms with Gasteiger partial charge < -0.3 is 15.2 Å². The smallest absolute Gasteiger partial charge is 0.397 e. The highest BCUT2D eigenvalue weighted by atomic mass is 35.5. The van der Waals surface area contributed by atoms with Gasteiger partial charge in [0.2, 0.25) is 0 Å². The number of nitrogen functional groups attached to an aromatic ring is 1. The van der Waals surface area contributed by atoms with Gasteiger partial charge in [0.15, 0.2) is 0 Å². The highest BCUT2D eigenvalue weighted by molar-refractivity contribution is 7.99. The fraction of sp³-hybridized carbons (Fsp3) is 0.227. The molecule has 0 aliphatic rings. The summed E-state index contributed by atoms with van der Waals surface area (Å²) in [5.41, 5.74) is 4.37. The maximum Gasteiger partial charge on any atom is 0.431 e. The summed E-state index contributed by atoms with van der Waals surface area (Å²) in [6.07, 6.45) is -3.26. The van der Waals surface area contributed by atoms with Crippen molar-refractivity contribution in [2.45, 2.75) is 18.0 Å². The predicted molar refractivity (Wildman–Crippen MR) is 125 cm³/mol. The maximum atomic E-state index is 13.2. The average Bonchev–Trinajstić information content (AvgIpc) is 2.75. The molecule has 0 saturated heterocycles. The minimum atomic E-state index is -4.77. The van der Waals surface area contributed by atoms with E-state index < -0.39 is 29.0 Å². The number of rotatable bonds is 5. The largest absolute Gasteiger partial charge is 0.431 e. The number of carbonyl (C=O) groups excluding carboxylic acids is 1. The standard InChI is InChI=1S/C22H20ClF3N4O2S/c1-4-33-16-9-13(12-5-7-14(23)8-6-12)11-28-18(16)20(31)30(3)19-15(27)10-17(22(24,25)26)29(2)21(19)32/h5-11H,4,27H2,1-3H3. The Morgan fingerprint density at radius 1 is 1.21 bits per heavy atom. The number of nitrogens with zero attached hydrogens (tertiary/aromatic N) is 3. The molecule has 3 aromatic rings. The van der Waals surface area contributed by atoms with Crippen molar-refractivity contribution in [3.63, 3.8) is 0 Å². The van der Waals surface area contributed by atoms with Gasteiger partial charge in [-0.2, -0.15) is 13.2 Å². The molecule has 33 heavy (non-hydrogen) atoms. The molecule has 0 bridgehead atoms. The zero-order valence-corrected chi connectivity index (χ0v) is 19.5. The molecular formula is C22H20ClF3N4O2S. The maximum absolute atomic E-state index is 13.2. The zero-order chi connectivity index (χ0) is 24.5. The number of anilines is 2. The summed E-state index contributed by atoms with van der Waals surface area (Å²) in [7, 11) is 2.25. The van der Waals surface area contributed by atoms with Crippen LogP contribution in [0.25, 0.3) is 11.1 Å². The highest BCUT2D eigenvalue weighted by Crippen LogP contribution is 2.33. The summed E-state index contributed by atoms with van der Waals surface area (Å²) in [5.74, 6) is -0.0305. The van der Waals surface area contributed by atoms with Crippen molar-refractivity contribution in [3.05, 3.63) is 69.4 Å². The molecule has 11 heteroatoms. The molecule has 1 amide bonds. The van der Waals surface area contributed by atoms with Crippen molar-refractivity contribution < 1.29 is 18.0 Å². The van der Waals surface area contributed by atoms with E-state index in [4.69, 9.17) is 17.3 Å². The van der Waals surface area contributed by atoms with E-state index in [1.165, 1.54) is 25.0 Å². The fourth-order valence-corrected chi connectivity index (χ4v) is 4.17. The predicted octanol–water partition coefficient (Wildman–Crippen LogP) is 5.09. The first-order valence-electron chi connectivity index (χ1n) is 9.69. The Morgan fingerprint density at radius 3 is 2.42 bits per heavy atom. The molecule has 1 aromatic carbocycles. The number of carbonyl (C=O) groups is 1. The van der Waals surface area contributed by atoms with Gasteiger partial charge in [-0.3, -0.25) is 9.59 Å². The second-order valence-electron chi connectivity index (χ2n) is 7.07. The van der Waals surface area contributed by atoms with Crippen LogP contribution < -0.4 is 16.2 Å². The monoisotopic (exact) mass is 496 g/mol. The van der Waals surface area contributed by atoms with Gasteiger partial charge >= 0.3 is 6.18 Å². The SMILES string of the molecule is CCSc1cc(-c2ccc(Cl)cc2)cnc1C(=O)N(C)c1c(N)cc(C(F)(F)F)n(C)c1=O. The van der Waals surface area contributed by atoms with Gasteiger partial charge in [0, 0.05) is 35.8 Å². The molecule has 6 nitrogen and oxygen atoms in total. The summed E-state index contributed by atoms with van der Waals surface area (Å²) in [4.78, 5) is 31.7. The Labute approximate surface area is 197 Å². The van der Waals surface area contributed by atoms with Crippen molar-refractivity contribution in [3.8, 4) is 11.1 Å². The summed E-state index contributed by atoms with van der Waals surface area (Å²) in [6, 6.07) is 9.54. The molecule has 0 saturated carbocycles. The minimum absolute atomic E-state index is 0.0587. The molecule has 174 valence electrons. The molecule has 0 aliphatic carbocycles. The Bertz CT molecular complexity index is 1260. The lowest BCUT2D eigenvalue weighted by atomic mass is 10.1. The number of alkyl halides is 3. The van der Waals surface area contributed by atoms with Crippen molar-refractivity contribution in [1.82, 2.24) is 9.55 Å².